The van der Waals surface area contributed by atoms with Crippen LogP contribution in [0.3, 0.4) is 0 Å². The van der Waals surface area contributed by atoms with E-state index in [1.807, 2.05) is 4.90 Å². The Morgan fingerprint density at radius 3 is 2.52 bits per heavy atom. The predicted octanol–water partition coefficient (Wildman–Crippen LogP) is 3.84. The van der Waals surface area contributed by atoms with Crippen LogP contribution in [0.25, 0.3) is 0 Å². The molecule has 0 bridgehead atoms. The van der Waals surface area contributed by atoms with Gasteiger partial charge in [0.2, 0.25) is 0 Å². The normalized spacial score (nSPS) is 18.2. The Labute approximate surface area is 136 Å². The van der Waals surface area contributed by atoms with E-state index in [0.29, 0.717) is 27.6 Å². The van der Waals surface area contributed by atoms with Crippen molar-refractivity contribution in [2.24, 2.45) is 5.92 Å². The molecule has 1 N–H and O–H groups in total. The van der Waals surface area contributed by atoms with Gasteiger partial charge in [-0.1, -0.05) is 37.0 Å². The van der Waals surface area contributed by atoms with Crippen molar-refractivity contribution in [3.05, 3.63) is 33.8 Å². The number of carbonyl (C=O) groups is 1. The SMILES string of the molecule is CC(C)CN(CC1CCCN1)C(=O)c1cc(Cl)cc(Cl)c1. The van der Waals surface area contributed by atoms with Gasteiger partial charge in [0.1, 0.15) is 0 Å². The maximum Gasteiger partial charge on any atom is 0.254 e. The summed E-state index contributed by atoms with van der Waals surface area (Å²) >= 11 is 12.0. The van der Waals surface area contributed by atoms with Crippen LogP contribution >= 0.6 is 23.2 Å². The monoisotopic (exact) mass is 328 g/mol. The average molecular weight is 329 g/mol. The molecule has 1 aromatic carbocycles. The first kappa shape index (κ1) is 16.6. The second-order valence-corrected chi connectivity index (χ2v) is 6.93. The summed E-state index contributed by atoms with van der Waals surface area (Å²) in [6, 6.07) is 5.41. The van der Waals surface area contributed by atoms with E-state index in [2.05, 4.69) is 19.2 Å². The van der Waals surface area contributed by atoms with Gasteiger partial charge in [0.05, 0.1) is 0 Å². The predicted molar refractivity (Wildman–Crippen MR) is 88.2 cm³/mol. The summed E-state index contributed by atoms with van der Waals surface area (Å²) in [7, 11) is 0. The zero-order valence-electron chi connectivity index (χ0n) is 12.5. The third-order valence-corrected chi connectivity index (χ3v) is 4.02. The highest BCUT2D eigenvalue weighted by molar-refractivity contribution is 6.35. The Kier molecular flexibility index (Phi) is 5.91. The van der Waals surface area contributed by atoms with Crippen LogP contribution in [0.15, 0.2) is 18.2 Å². The van der Waals surface area contributed by atoms with Crippen LogP contribution in [0.4, 0.5) is 0 Å². The molecule has 1 fully saturated rings. The van der Waals surface area contributed by atoms with Crippen LogP contribution in [0.5, 0.6) is 0 Å². The Morgan fingerprint density at radius 1 is 1.33 bits per heavy atom. The molecule has 3 nitrogen and oxygen atoms in total. The zero-order valence-corrected chi connectivity index (χ0v) is 14.0. The number of rotatable bonds is 5. The van der Waals surface area contributed by atoms with Crippen molar-refractivity contribution in [1.29, 1.82) is 0 Å². The van der Waals surface area contributed by atoms with E-state index in [1.165, 1.54) is 6.42 Å². The molecular formula is C16H22Cl2N2O. The van der Waals surface area contributed by atoms with Gasteiger partial charge >= 0.3 is 0 Å². The van der Waals surface area contributed by atoms with E-state index in [0.717, 1.165) is 26.1 Å². The third-order valence-electron chi connectivity index (χ3n) is 3.59. The summed E-state index contributed by atoms with van der Waals surface area (Å²) in [4.78, 5) is 14.7. The summed E-state index contributed by atoms with van der Waals surface area (Å²) in [6.45, 7) is 6.75. The van der Waals surface area contributed by atoms with Gasteiger partial charge in [-0.05, 0) is 43.5 Å². The summed E-state index contributed by atoms with van der Waals surface area (Å²) in [5.74, 6) is 0.423. The van der Waals surface area contributed by atoms with Gasteiger partial charge in [0, 0.05) is 34.7 Å². The molecule has 1 heterocycles. The molecule has 1 atom stereocenters. The van der Waals surface area contributed by atoms with Crippen molar-refractivity contribution in [2.45, 2.75) is 32.7 Å². The van der Waals surface area contributed by atoms with Crippen molar-refractivity contribution in [3.8, 4) is 0 Å². The average Bonchev–Trinajstić information content (AvgIpc) is 2.88. The number of carbonyl (C=O) groups excluding carboxylic acids is 1. The van der Waals surface area contributed by atoms with Crippen molar-refractivity contribution in [1.82, 2.24) is 10.2 Å². The quantitative estimate of drug-likeness (QED) is 0.890. The number of amides is 1. The van der Waals surface area contributed by atoms with E-state index in [1.54, 1.807) is 18.2 Å². The number of hydrogen-bond donors (Lipinski definition) is 1. The van der Waals surface area contributed by atoms with Gasteiger partial charge in [-0.15, -0.1) is 0 Å². The smallest absolute Gasteiger partial charge is 0.254 e. The van der Waals surface area contributed by atoms with Crippen molar-refractivity contribution >= 4 is 29.1 Å². The first-order valence-electron chi connectivity index (χ1n) is 7.44. The molecule has 0 spiro atoms. The lowest BCUT2D eigenvalue weighted by Crippen LogP contribution is -2.42. The van der Waals surface area contributed by atoms with Gasteiger partial charge in [-0.2, -0.15) is 0 Å². The molecule has 1 aliphatic rings. The first-order chi connectivity index (χ1) is 9.95. The summed E-state index contributed by atoms with van der Waals surface area (Å²) in [6.07, 6.45) is 2.30. The molecule has 2 rings (SSSR count). The maximum absolute atomic E-state index is 12.8. The van der Waals surface area contributed by atoms with E-state index < -0.39 is 0 Å². The van der Waals surface area contributed by atoms with Gasteiger partial charge < -0.3 is 10.2 Å². The fourth-order valence-corrected chi connectivity index (χ4v) is 3.25. The summed E-state index contributed by atoms with van der Waals surface area (Å²) in [5, 5.41) is 4.43. The van der Waals surface area contributed by atoms with Crippen molar-refractivity contribution < 1.29 is 4.79 Å². The Bertz CT molecular complexity index is 479. The Hall–Kier alpha value is -0.770. The largest absolute Gasteiger partial charge is 0.337 e. The number of benzene rings is 1. The lowest BCUT2D eigenvalue weighted by molar-refractivity contribution is 0.0721. The number of hydrogen-bond acceptors (Lipinski definition) is 2. The molecule has 1 saturated heterocycles. The number of nitrogens with zero attached hydrogens (tertiary/aromatic N) is 1. The van der Waals surface area contributed by atoms with Crippen LogP contribution in [0, 0.1) is 5.92 Å². The minimum atomic E-state index is 0.00167. The van der Waals surface area contributed by atoms with Gasteiger partial charge in [0.15, 0.2) is 0 Å². The van der Waals surface area contributed by atoms with Crippen LogP contribution in [-0.4, -0.2) is 36.5 Å². The minimum Gasteiger partial charge on any atom is -0.337 e. The fourth-order valence-electron chi connectivity index (χ4n) is 2.72. The second-order valence-electron chi connectivity index (χ2n) is 6.06. The van der Waals surface area contributed by atoms with Crippen molar-refractivity contribution in [2.75, 3.05) is 19.6 Å². The molecule has 0 aliphatic carbocycles. The summed E-state index contributed by atoms with van der Waals surface area (Å²) < 4.78 is 0. The fraction of sp³-hybridized carbons (Fsp3) is 0.562. The number of halogens is 2. The molecule has 1 amide bonds. The zero-order chi connectivity index (χ0) is 15.4. The third kappa shape index (κ3) is 4.87. The minimum absolute atomic E-state index is 0.00167. The van der Waals surface area contributed by atoms with E-state index in [-0.39, 0.29) is 5.91 Å². The van der Waals surface area contributed by atoms with Crippen LogP contribution in [0.1, 0.15) is 37.0 Å². The highest BCUT2D eigenvalue weighted by Crippen LogP contribution is 2.21. The van der Waals surface area contributed by atoms with Gasteiger partial charge in [0.25, 0.3) is 5.91 Å². The maximum atomic E-state index is 12.8. The van der Waals surface area contributed by atoms with Gasteiger partial charge in [-0.25, -0.2) is 0 Å². The van der Waals surface area contributed by atoms with E-state index in [4.69, 9.17) is 23.2 Å². The van der Waals surface area contributed by atoms with E-state index >= 15 is 0 Å². The topological polar surface area (TPSA) is 32.3 Å². The van der Waals surface area contributed by atoms with Crippen LogP contribution < -0.4 is 5.32 Å². The molecule has 1 aliphatic heterocycles. The molecule has 1 aromatic rings. The molecule has 1 unspecified atom stereocenters. The molecule has 5 heteroatoms. The molecule has 0 aromatic heterocycles. The van der Waals surface area contributed by atoms with Crippen LogP contribution in [-0.2, 0) is 0 Å². The lowest BCUT2D eigenvalue weighted by atomic mass is 10.1. The standard InChI is InChI=1S/C16H22Cl2N2O/c1-11(2)9-20(10-15-4-3-5-19-15)16(21)12-6-13(17)8-14(18)7-12/h6-8,11,15,19H,3-5,9-10H2,1-2H3. The summed E-state index contributed by atoms with van der Waals surface area (Å²) in [5.41, 5.74) is 0.561. The van der Waals surface area contributed by atoms with Crippen LogP contribution in [0.2, 0.25) is 10.0 Å². The highest BCUT2D eigenvalue weighted by Gasteiger charge is 2.23. The molecule has 116 valence electrons. The second kappa shape index (κ2) is 7.48. The van der Waals surface area contributed by atoms with Crippen molar-refractivity contribution in [3.63, 3.8) is 0 Å². The highest BCUT2D eigenvalue weighted by atomic mass is 35.5. The lowest BCUT2D eigenvalue weighted by Gasteiger charge is -2.27. The Morgan fingerprint density at radius 2 is 2.00 bits per heavy atom. The van der Waals surface area contributed by atoms with E-state index in [9.17, 15) is 4.79 Å². The molecule has 0 radical (unpaired) electrons. The first-order valence-corrected chi connectivity index (χ1v) is 8.20. The number of nitrogens with one attached hydrogen (secondary N) is 1. The van der Waals surface area contributed by atoms with Gasteiger partial charge in [-0.3, -0.25) is 4.79 Å². The molecular weight excluding hydrogens is 307 g/mol. The molecule has 21 heavy (non-hydrogen) atoms. The molecule has 0 saturated carbocycles. The Balaban J connectivity index is 2.15.